The number of alkyl carbamates (subject to hydrolysis) is 1. The molecule has 0 spiro atoms. The van der Waals surface area contributed by atoms with Crippen LogP contribution in [0.1, 0.15) is 11.1 Å². The van der Waals surface area contributed by atoms with Crippen LogP contribution in [0.3, 0.4) is 0 Å². The number of fused-ring (bicyclic) bond motifs is 1. The van der Waals surface area contributed by atoms with Crippen molar-refractivity contribution in [3.05, 3.63) is 70.0 Å². The summed E-state index contributed by atoms with van der Waals surface area (Å²) in [7, 11) is 3.06. The maximum Gasteiger partial charge on any atom is 0.407 e. The van der Waals surface area contributed by atoms with Gasteiger partial charge in [0, 0.05) is 18.8 Å². The molecule has 2 aromatic carbocycles. The highest BCUT2D eigenvalue weighted by Gasteiger charge is 2.16. The summed E-state index contributed by atoms with van der Waals surface area (Å²) in [5.41, 5.74) is 2.10. The number of aromatic amines is 1. The van der Waals surface area contributed by atoms with Crippen molar-refractivity contribution in [3.63, 3.8) is 0 Å². The monoisotopic (exact) mass is 382 g/mol. The number of carbonyl (C=O) groups is 1. The van der Waals surface area contributed by atoms with Crippen LogP contribution in [0, 0.1) is 0 Å². The van der Waals surface area contributed by atoms with Crippen LogP contribution in [0.15, 0.2) is 53.5 Å². The number of methoxy groups -OCH3 is 2. The Labute approximate surface area is 162 Å². The number of aromatic nitrogens is 1. The van der Waals surface area contributed by atoms with Gasteiger partial charge in [-0.3, -0.25) is 4.79 Å². The summed E-state index contributed by atoms with van der Waals surface area (Å²) in [6.07, 6.45) is 1.49. The zero-order valence-electron chi connectivity index (χ0n) is 15.8. The molecular weight excluding hydrogens is 360 g/mol. The number of carbonyl (C=O) groups excluding carboxylic acids is 1. The lowest BCUT2D eigenvalue weighted by Crippen LogP contribution is -2.26. The van der Waals surface area contributed by atoms with E-state index in [1.54, 1.807) is 12.3 Å². The number of pyridine rings is 1. The average molecular weight is 382 g/mol. The zero-order chi connectivity index (χ0) is 19.9. The third kappa shape index (κ3) is 4.25. The summed E-state index contributed by atoms with van der Waals surface area (Å²) in [5, 5.41) is 3.22. The number of hydrogen-bond acceptors (Lipinski definition) is 5. The molecule has 0 aliphatic rings. The van der Waals surface area contributed by atoms with E-state index in [2.05, 4.69) is 10.3 Å². The molecule has 0 fully saturated rings. The van der Waals surface area contributed by atoms with Crippen LogP contribution in [0.25, 0.3) is 10.9 Å². The van der Waals surface area contributed by atoms with E-state index in [9.17, 15) is 9.59 Å². The van der Waals surface area contributed by atoms with Crippen molar-refractivity contribution in [2.75, 3.05) is 20.8 Å². The third-order valence-corrected chi connectivity index (χ3v) is 4.34. The van der Waals surface area contributed by atoms with E-state index in [-0.39, 0.29) is 12.0 Å². The first-order valence-electron chi connectivity index (χ1n) is 8.84. The summed E-state index contributed by atoms with van der Waals surface area (Å²) >= 11 is 0. The molecule has 0 bridgehead atoms. The summed E-state index contributed by atoms with van der Waals surface area (Å²) in [6, 6.07) is 12.7. The smallest absolute Gasteiger partial charge is 0.407 e. The van der Waals surface area contributed by atoms with Crippen LogP contribution in [-0.4, -0.2) is 31.8 Å². The maximum atomic E-state index is 12.4. The Morgan fingerprint density at radius 3 is 2.61 bits per heavy atom. The van der Waals surface area contributed by atoms with Crippen molar-refractivity contribution in [2.45, 2.75) is 13.0 Å². The van der Waals surface area contributed by atoms with E-state index < -0.39 is 6.09 Å². The van der Waals surface area contributed by atoms with Gasteiger partial charge >= 0.3 is 6.09 Å². The SMILES string of the molecule is COc1cc(CCNC(=O)OCc2ccccc2)c2c(=O)cc[nH]c2c1OC. The third-order valence-electron chi connectivity index (χ3n) is 4.34. The molecule has 0 aliphatic heterocycles. The molecule has 2 N–H and O–H groups in total. The molecule has 0 atom stereocenters. The molecule has 3 rings (SSSR count). The number of ether oxygens (including phenoxy) is 3. The first-order chi connectivity index (χ1) is 13.6. The highest BCUT2D eigenvalue weighted by molar-refractivity contribution is 5.90. The topological polar surface area (TPSA) is 89.6 Å². The van der Waals surface area contributed by atoms with Crippen molar-refractivity contribution in [2.24, 2.45) is 0 Å². The number of nitrogens with one attached hydrogen (secondary N) is 2. The Bertz CT molecular complexity index is 1010. The number of rotatable bonds is 7. The minimum absolute atomic E-state index is 0.128. The number of hydrogen-bond donors (Lipinski definition) is 2. The van der Waals surface area contributed by atoms with Gasteiger partial charge in [-0.15, -0.1) is 0 Å². The summed E-state index contributed by atoms with van der Waals surface area (Å²) in [6.45, 7) is 0.512. The van der Waals surface area contributed by atoms with E-state index in [1.165, 1.54) is 20.3 Å². The van der Waals surface area contributed by atoms with E-state index in [0.717, 1.165) is 11.1 Å². The van der Waals surface area contributed by atoms with Gasteiger partial charge in [0.25, 0.3) is 0 Å². The summed E-state index contributed by atoms with van der Waals surface area (Å²) in [5.74, 6) is 0.979. The molecule has 146 valence electrons. The molecule has 0 saturated heterocycles. The van der Waals surface area contributed by atoms with E-state index >= 15 is 0 Å². The Morgan fingerprint density at radius 1 is 1.11 bits per heavy atom. The second-order valence-electron chi connectivity index (χ2n) is 6.10. The molecule has 0 radical (unpaired) electrons. The number of amides is 1. The van der Waals surface area contributed by atoms with Crippen LogP contribution in [0.2, 0.25) is 0 Å². The van der Waals surface area contributed by atoms with Crippen molar-refractivity contribution in [1.29, 1.82) is 0 Å². The van der Waals surface area contributed by atoms with Gasteiger partial charge in [-0.25, -0.2) is 4.79 Å². The first-order valence-corrected chi connectivity index (χ1v) is 8.84. The van der Waals surface area contributed by atoms with Gasteiger partial charge in [-0.2, -0.15) is 0 Å². The zero-order valence-corrected chi connectivity index (χ0v) is 15.8. The van der Waals surface area contributed by atoms with Crippen LogP contribution < -0.4 is 20.2 Å². The van der Waals surface area contributed by atoms with Crippen LogP contribution in [0.5, 0.6) is 11.5 Å². The molecule has 3 aromatic rings. The van der Waals surface area contributed by atoms with E-state index in [4.69, 9.17) is 14.2 Å². The van der Waals surface area contributed by atoms with Crippen molar-refractivity contribution < 1.29 is 19.0 Å². The molecule has 1 amide bonds. The summed E-state index contributed by atoms with van der Waals surface area (Å²) < 4.78 is 16.0. The second-order valence-corrected chi connectivity index (χ2v) is 6.10. The maximum absolute atomic E-state index is 12.4. The van der Waals surface area contributed by atoms with Gasteiger partial charge in [0.2, 0.25) is 0 Å². The Morgan fingerprint density at radius 2 is 1.89 bits per heavy atom. The van der Waals surface area contributed by atoms with Crippen LogP contribution in [0.4, 0.5) is 4.79 Å². The Balaban J connectivity index is 1.70. The second kappa shape index (κ2) is 8.94. The van der Waals surface area contributed by atoms with Crippen molar-refractivity contribution in [3.8, 4) is 11.5 Å². The Kier molecular flexibility index (Phi) is 6.16. The molecule has 1 heterocycles. The minimum atomic E-state index is -0.512. The molecule has 7 heteroatoms. The first kappa shape index (κ1) is 19.3. The highest BCUT2D eigenvalue weighted by atomic mass is 16.5. The largest absolute Gasteiger partial charge is 0.493 e. The Hall–Kier alpha value is -3.48. The predicted molar refractivity (Wildman–Crippen MR) is 106 cm³/mol. The number of H-pyrrole nitrogens is 1. The van der Waals surface area contributed by atoms with Gasteiger partial charge < -0.3 is 24.5 Å². The van der Waals surface area contributed by atoms with Gasteiger partial charge in [-0.1, -0.05) is 30.3 Å². The van der Waals surface area contributed by atoms with Gasteiger partial charge in [0.05, 0.1) is 25.1 Å². The van der Waals surface area contributed by atoms with Crippen molar-refractivity contribution >= 4 is 17.0 Å². The van der Waals surface area contributed by atoms with E-state index in [0.29, 0.717) is 35.4 Å². The fourth-order valence-corrected chi connectivity index (χ4v) is 3.02. The molecule has 1 aromatic heterocycles. The average Bonchev–Trinajstić information content (AvgIpc) is 2.72. The fourth-order valence-electron chi connectivity index (χ4n) is 3.02. The lowest BCUT2D eigenvalue weighted by Gasteiger charge is -2.14. The standard InChI is InChI=1S/C21H22N2O5/c1-26-17-12-15(18-16(24)9-11-22-19(18)20(17)27-2)8-10-23-21(25)28-13-14-6-4-3-5-7-14/h3-7,9,11-12H,8,10,13H2,1-2H3,(H,22,24)(H,23,25). The summed E-state index contributed by atoms with van der Waals surface area (Å²) in [4.78, 5) is 27.4. The van der Waals surface area contributed by atoms with Gasteiger partial charge in [0.1, 0.15) is 6.61 Å². The lowest BCUT2D eigenvalue weighted by molar-refractivity contribution is 0.140. The predicted octanol–water partition coefficient (Wildman–Crippen LogP) is 3.01. The van der Waals surface area contributed by atoms with Crippen LogP contribution >= 0.6 is 0 Å². The quantitative estimate of drug-likeness (QED) is 0.656. The molecule has 0 saturated carbocycles. The van der Waals surface area contributed by atoms with Gasteiger partial charge in [-0.05, 0) is 23.6 Å². The molecular formula is C21H22N2O5. The molecule has 0 unspecified atom stereocenters. The fraction of sp³-hybridized carbons (Fsp3) is 0.238. The molecule has 0 aliphatic carbocycles. The van der Waals surface area contributed by atoms with Gasteiger partial charge in [0.15, 0.2) is 16.9 Å². The normalized spacial score (nSPS) is 10.5. The van der Waals surface area contributed by atoms with E-state index in [1.807, 2.05) is 30.3 Å². The number of benzene rings is 2. The lowest BCUT2D eigenvalue weighted by atomic mass is 10.0. The minimum Gasteiger partial charge on any atom is -0.493 e. The molecule has 28 heavy (non-hydrogen) atoms. The van der Waals surface area contributed by atoms with Crippen molar-refractivity contribution in [1.82, 2.24) is 10.3 Å². The van der Waals surface area contributed by atoms with Crippen LogP contribution in [-0.2, 0) is 17.8 Å². The highest BCUT2D eigenvalue weighted by Crippen LogP contribution is 2.35. The molecule has 7 nitrogen and oxygen atoms in total.